The van der Waals surface area contributed by atoms with Crippen LogP contribution in [0.1, 0.15) is 25.0 Å². The van der Waals surface area contributed by atoms with Gasteiger partial charge in [0.05, 0.1) is 0 Å². The van der Waals surface area contributed by atoms with E-state index in [1.807, 2.05) is 47.7 Å². The van der Waals surface area contributed by atoms with Crippen LogP contribution in [-0.2, 0) is 5.41 Å². The maximum Gasteiger partial charge on any atom is 0.164 e. The van der Waals surface area contributed by atoms with E-state index in [-0.39, 0.29) is 5.41 Å². The Bertz CT molecular complexity index is 3070. The third-order valence-corrected chi connectivity index (χ3v) is 12.5. The van der Waals surface area contributed by atoms with E-state index < -0.39 is 0 Å². The second kappa shape index (κ2) is 11.8. The summed E-state index contributed by atoms with van der Waals surface area (Å²) < 4.78 is 2.67. The summed E-state index contributed by atoms with van der Waals surface area (Å²) in [5.41, 5.74) is 10.7. The fourth-order valence-electron chi connectivity index (χ4n) is 8.74. The zero-order valence-electron chi connectivity index (χ0n) is 29.8. The number of fused-ring (bicyclic) bond motifs is 10. The van der Waals surface area contributed by atoms with E-state index in [1.54, 1.807) is 0 Å². The van der Waals surface area contributed by atoms with Gasteiger partial charge in [-0.3, -0.25) is 0 Å². The molecule has 4 heteroatoms. The van der Waals surface area contributed by atoms with Crippen LogP contribution in [0.4, 0.5) is 0 Å². The third kappa shape index (κ3) is 4.57. The first kappa shape index (κ1) is 31.1. The Morgan fingerprint density at radius 2 is 0.963 bits per heavy atom. The summed E-state index contributed by atoms with van der Waals surface area (Å²) in [5.74, 6) is 1.98. The van der Waals surface area contributed by atoms with Crippen LogP contribution in [0.2, 0.25) is 0 Å². The lowest BCUT2D eigenvalue weighted by atomic mass is 9.80. The average Bonchev–Trinajstić information content (AvgIpc) is 3.72. The number of hydrogen-bond donors (Lipinski definition) is 0. The minimum Gasteiger partial charge on any atom is -0.208 e. The number of aromatic nitrogens is 3. The molecule has 1 aliphatic carbocycles. The van der Waals surface area contributed by atoms with Crippen molar-refractivity contribution < 1.29 is 0 Å². The van der Waals surface area contributed by atoms with Crippen LogP contribution in [-0.4, -0.2) is 15.0 Å². The fraction of sp³-hybridized carbons (Fsp3) is 0.0600. The van der Waals surface area contributed by atoms with Crippen molar-refractivity contribution in [3.63, 3.8) is 0 Å². The standard InChI is InChI=1S/C50H33N3S/c1-50(2)41-23-13-11-22-39(41)44-42(50)29-40(36-26-27-37-35-21-12-14-24-43(35)54-46(37)45(36)44)34-25-28-38(33-20-10-9-19-32(33)34)49-52-47(30-15-5-3-6-16-30)51-48(53-49)31-17-7-4-8-18-31/h3-29H,1-2H3. The van der Waals surface area contributed by atoms with E-state index in [9.17, 15) is 0 Å². The fourth-order valence-corrected chi connectivity index (χ4v) is 9.99. The van der Waals surface area contributed by atoms with Crippen LogP contribution in [0.15, 0.2) is 164 Å². The SMILES string of the molecule is CC1(C)c2ccccc2-c2c1cc(-c1ccc(-c3nc(-c4ccccc4)nc(-c4ccccc4)n3)c3ccccc13)c1ccc3c4ccccc4sc3c21. The average molecular weight is 708 g/mol. The van der Waals surface area contributed by atoms with E-state index in [0.29, 0.717) is 17.5 Å². The first-order valence-electron chi connectivity index (χ1n) is 18.5. The molecule has 10 aromatic rings. The Hall–Kier alpha value is -6.49. The van der Waals surface area contributed by atoms with Crippen molar-refractivity contribution in [2.45, 2.75) is 19.3 Å². The van der Waals surface area contributed by atoms with Gasteiger partial charge < -0.3 is 0 Å². The second-order valence-corrected chi connectivity index (χ2v) is 15.8. The Morgan fingerprint density at radius 3 is 1.69 bits per heavy atom. The van der Waals surface area contributed by atoms with Gasteiger partial charge in [0.15, 0.2) is 17.5 Å². The minimum atomic E-state index is -0.157. The van der Waals surface area contributed by atoms with Crippen LogP contribution in [0, 0.1) is 0 Å². The van der Waals surface area contributed by atoms with E-state index in [1.165, 1.54) is 69.7 Å². The van der Waals surface area contributed by atoms with Gasteiger partial charge in [0.25, 0.3) is 0 Å². The second-order valence-electron chi connectivity index (χ2n) is 14.7. The van der Waals surface area contributed by atoms with E-state index >= 15 is 0 Å². The number of benzene rings is 8. The summed E-state index contributed by atoms with van der Waals surface area (Å²) in [6.07, 6.45) is 0. The third-order valence-electron chi connectivity index (χ3n) is 11.3. The van der Waals surface area contributed by atoms with Gasteiger partial charge in [0, 0.05) is 47.7 Å². The quantitative estimate of drug-likeness (QED) is 0.183. The molecular formula is C50H33N3S. The van der Waals surface area contributed by atoms with Crippen LogP contribution >= 0.6 is 11.3 Å². The largest absolute Gasteiger partial charge is 0.208 e. The van der Waals surface area contributed by atoms with Gasteiger partial charge in [-0.2, -0.15) is 0 Å². The molecule has 0 amide bonds. The van der Waals surface area contributed by atoms with E-state index in [4.69, 9.17) is 15.0 Å². The van der Waals surface area contributed by atoms with Crippen molar-refractivity contribution in [3.05, 3.63) is 175 Å². The zero-order valence-corrected chi connectivity index (χ0v) is 30.7. The Morgan fingerprint density at radius 1 is 0.407 bits per heavy atom. The normalized spacial score (nSPS) is 13.1. The van der Waals surface area contributed by atoms with Gasteiger partial charge in [-0.1, -0.05) is 159 Å². The number of nitrogens with zero attached hydrogens (tertiary/aromatic N) is 3. The first-order chi connectivity index (χ1) is 26.5. The first-order valence-corrected chi connectivity index (χ1v) is 19.3. The molecule has 0 N–H and O–H groups in total. The van der Waals surface area contributed by atoms with Gasteiger partial charge in [0.1, 0.15) is 0 Å². The van der Waals surface area contributed by atoms with Gasteiger partial charge in [-0.25, -0.2) is 15.0 Å². The molecule has 3 nitrogen and oxygen atoms in total. The molecule has 0 fully saturated rings. The minimum absolute atomic E-state index is 0.157. The van der Waals surface area contributed by atoms with Crippen molar-refractivity contribution in [3.8, 4) is 56.4 Å². The molecular weight excluding hydrogens is 675 g/mol. The Labute approximate surface area is 317 Å². The summed E-state index contributed by atoms with van der Waals surface area (Å²) in [6, 6.07) is 58.6. The molecule has 0 unspecified atom stereocenters. The molecule has 2 aromatic heterocycles. The highest BCUT2D eigenvalue weighted by Gasteiger charge is 2.38. The van der Waals surface area contributed by atoms with E-state index in [2.05, 4.69) is 141 Å². The molecule has 254 valence electrons. The Kier molecular flexibility index (Phi) is 6.77. The highest BCUT2D eigenvalue weighted by atomic mass is 32.1. The monoisotopic (exact) mass is 707 g/mol. The van der Waals surface area contributed by atoms with Gasteiger partial charge in [0.2, 0.25) is 0 Å². The molecule has 11 rings (SSSR count). The van der Waals surface area contributed by atoms with Crippen molar-refractivity contribution in [1.29, 1.82) is 0 Å². The smallest absolute Gasteiger partial charge is 0.164 e. The molecule has 0 aliphatic heterocycles. The predicted octanol–water partition coefficient (Wildman–Crippen LogP) is 13.5. The summed E-state index contributed by atoms with van der Waals surface area (Å²) >= 11 is 1.92. The summed E-state index contributed by atoms with van der Waals surface area (Å²) in [6.45, 7) is 4.77. The van der Waals surface area contributed by atoms with Gasteiger partial charge in [-0.15, -0.1) is 11.3 Å². The highest BCUT2D eigenvalue weighted by Crippen LogP contribution is 2.56. The number of thiophene rings is 1. The lowest BCUT2D eigenvalue weighted by molar-refractivity contribution is 0.661. The molecule has 54 heavy (non-hydrogen) atoms. The van der Waals surface area contributed by atoms with Crippen molar-refractivity contribution in [2.24, 2.45) is 0 Å². The molecule has 0 saturated carbocycles. The maximum atomic E-state index is 5.13. The number of rotatable bonds is 4. The summed E-state index contributed by atoms with van der Waals surface area (Å²) in [4.78, 5) is 15.2. The Balaban J connectivity index is 1.20. The van der Waals surface area contributed by atoms with E-state index in [0.717, 1.165) is 22.1 Å². The van der Waals surface area contributed by atoms with Crippen molar-refractivity contribution >= 4 is 53.1 Å². The molecule has 0 saturated heterocycles. The van der Waals surface area contributed by atoms with Gasteiger partial charge >= 0.3 is 0 Å². The van der Waals surface area contributed by atoms with Crippen LogP contribution < -0.4 is 0 Å². The predicted molar refractivity (Wildman–Crippen MR) is 227 cm³/mol. The molecule has 0 atom stereocenters. The summed E-state index contributed by atoms with van der Waals surface area (Å²) in [7, 11) is 0. The molecule has 0 bridgehead atoms. The topological polar surface area (TPSA) is 38.7 Å². The van der Waals surface area contributed by atoms with Gasteiger partial charge in [-0.05, 0) is 67.7 Å². The van der Waals surface area contributed by atoms with Crippen molar-refractivity contribution in [1.82, 2.24) is 15.0 Å². The summed E-state index contributed by atoms with van der Waals surface area (Å²) in [5, 5.41) is 7.55. The highest BCUT2D eigenvalue weighted by molar-refractivity contribution is 7.26. The van der Waals surface area contributed by atoms with Crippen LogP contribution in [0.5, 0.6) is 0 Å². The van der Waals surface area contributed by atoms with Crippen LogP contribution in [0.3, 0.4) is 0 Å². The lowest BCUT2D eigenvalue weighted by Crippen LogP contribution is -2.15. The maximum absolute atomic E-state index is 5.13. The molecule has 0 radical (unpaired) electrons. The lowest BCUT2D eigenvalue weighted by Gasteiger charge is -2.23. The number of hydrogen-bond acceptors (Lipinski definition) is 4. The van der Waals surface area contributed by atoms with Crippen molar-refractivity contribution in [2.75, 3.05) is 0 Å². The molecule has 2 heterocycles. The zero-order chi connectivity index (χ0) is 36.0. The van der Waals surface area contributed by atoms with Crippen LogP contribution in [0.25, 0.3) is 98.1 Å². The molecule has 0 spiro atoms. The molecule has 8 aromatic carbocycles. The molecule has 1 aliphatic rings.